The van der Waals surface area contributed by atoms with Gasteiger partial charge in [0.15, 0.2) is 0 Å². The molecular formula is C20H17FN6S. The fourth-order valence-electron chi connectivity index (χ4n) is 2.72. The molecule has 0 amide bonds. The summed E-state index contributed by atoms with van der Waals surface area (Å²) in [4.78, 5) is 18.1. The molecule has 0 aliphatic heterocycles. The number of hydrogen-bond donors (Lipinski definition) is 2. The van der Waals surface area contributed by atoms with E-state index in [0.29, 0.717) is 17.5 Å². The van der Waals surface area contributed by atoms with Gasteiger partial charge in [0.05, 0.1) is 16.6 Å². The normalized spacial score (nSPS) is 11.8. The molecule has 0 fully saturated rings. The number of halogens is 1. The van der Waals surface area contributed by atoms with Crippen LogP contribution in [-0.4, -0.2) is 19.9 Å². The number of benzene rings is 1. The molecule has 0 bridgehead atoms. The maximum absolute atomic E-state index is 13.2. The monoisotopic (exact) mass is 392 g/mol. The molecule has 0 spiro atoms. The molecule has 0 unspecified atom stereocenters. The van der Waals surface area contributed by atoms with Gasteiger partial charge in [-0.3, -0.25) is 9.97 Å². The summed E-state index contributed by atoms with van der Waals surface area (Å²) in [6, 6.07) is 10.3. The minimum Gasteiger partial charge on any atom is -0.363 e. The van der Waals surface area contributed by atoms with Crippen molar-refractivity contribution in [2.75, 3.05) is 10.6 Å². The Morgan fingerprint density at radius 1 is 0.964 bits per heavy atom. The Labute approximate surface area is 165 Å². The van der Waals surface area contributed by atoms with Crippen molar-refractivity contribution in [2.45, 2.75) is 13.0 Å². The molecule has 0 radical (unpaired) electrons. The summed E-state index contributed by atoms with van der Waals surface area (Å²) < 4.78 is 13.2. The molecule has 8 heteroatoms. The van der Waals surface area contributed by atoms with Gasteiger partial charge in [-0.2, -0.15) is 0 Å². The van der Waals surface area contributed by atoms with Crippen LogP contribution in [0.4, 0.5) is 21.8 Å². The average molecular weight is 392 g/mol. The van der Waals surface area contributed by atoms with Crippen LogP contribution in [0.1, 0.15) is 18.5 Å². The van der Waals surface area contributed by atoms with Gasteiger partial charge in [-0.05, 0) is 36.8 Å². The molecule has 0 aliphatic carbocycles. The van der Waals surface area contributed by atoms with Gasteiger partial charge >= 0.3 is 0 Å². The fraction of sp³-hybridized carbons (Fsp3) is 0.100. The van der Waals surface area contributed by atoms with E-state index >= 15 is 0 Å². The number of thiazole rings is 1. The summed E-state index contributed by atoms with van der Waals surface area (Å²) in [7, 11) is 0. The van der Waals surface area contributed by atoms with Crippen LogP contribution in [-0.2, 0) is 0 Å². The zero-order valence-corrected chi connectivity index (χ0v) is 15.8. The van der Waals surface area contributed by atoms with Crippen molar-refractivity contribution < 1.29 is 4.39 Å². The van der Waals surface area contributed by atoms with Crippen LogP contribution in [0.2, 0.25) is 0 Å². The second kappa shape index (κ2) is 8.10. The minimum absolute atomic E-state index is 0.0471. The van der Waals surface area contributed by atoms with Gasteiger partial charge in [0.2, 0.25) is 0 Å². The molecule has 0 aliphatic rings. The quantitative estimate of drug-likeness (QED) is 0.478. The SMILES string of the molecule is C[C@H](Nc1cc(-c2cncs2)cc(Nc2cnccn2)n1)c1ccc(F)cc1. The molecule has 1 aromatic carbocycles. The Morgan fingerprint density at radius 3 is 2.50 bits per heavy atom. The van der Waals surface area contributed by atoms with Crippen LogP contribution in [0.25, 0.3) is 10.4 Å². The van der Waals surface area contributed by atoms with Gasteiger partial charge in [0, 0.05) is 30.2 Å². The summed E-state index contributed by atoms with van der Waals surface area (Å²) >= 11 is 1.55. The van der Waals surface area contributed by atoms with Gasteiger partial charge in [0.1, 0.15) is 23.3 Å². The molecule has 1 atom stereocenters. The second-order valence-electron chi connectivity index (χ2n) is 6.13. The summed E-state index contributed by atoms with van der Waals surface area (Å²) in [6.45, 7) is 2.00. The lowest BCUT2D eigenvalue weighted by molar-refractivity contribution is 0.626. The van der Waals surface area contributed by atoms with Crippen molar-refractivity contribution in [1.82, 2.24) is 19.9 Å². The summed E-state index contributed by atoms with van der Waals surface area (Å²) in [5.41, 5.74) is 3.74. The highest BCUT2D eigenvalue weighted by molar-refractivity contribution is 7.13. The Bertz CT molecular complexity index is 1040. The zero-order valence-electron chi connectivity index (χ0n) is 15.0. The number of pyridine rings is 1. The molecule has 3 aromatic heterocycles. The third-order valence-electron chi connectivity index (χ3n) is 4.10. The van der Waals surface area contributed by atoms with E-state index in [0.717, 1.165) is 16.0 Å². The Balaban J connectivity index is 1.64. The van der Waals surface area contributed by atoms with Crippen LogP contribution in [0.3, 0.4) is 0 Å². The van der Waals surface area contributed by atoms with Gasteiger partial charge in [-0.25, -0.2) is 14.4 Å². The number of aromatic nitrogens is 4. The first-order valence-electron chi connectivity index (χ1n) is 8.63. The lowest BCUT2D eigenvalue weighted by atomic mass is 10.1. The molecule has 3 heterocycles. The lowest BCUT2D eigenvalue weighted by Gasteiger charge is -2.17. The van der Waals surface area contributed by atoms with Crippen LogP contribution in [0, 0.1) is 5.82 Å². The van der Waals surface area contributed by atoms with E-state index in [2.05, 4.69) is 30.6 Å². The average Bonchev–Trinajstić information content (AvgIpc) is 3.24. The van der Waals surface area contributed by atoms with Gasteiger partial charge in [-0.1, -0.05) is 12.1 Å². The third-order valence-corrected chi connectivity index (χ3v) is 4.92. The van der Waals surface area contributed by atoms with E-state index in [9.17, 15) is 4.39 Å². The smallest absolute Gasteiger partial charge is 0.150 e. The number of anilines is 3. The van der Waals surface area contributed by atoms with Crippen LogP contribution < -0.4 is 10.6 Å². The summed E-state index contributed by atoms with van der Waals surface area (Å²) in [6.07, 6.45) is 6.68. The third kappa shape index (κ3) is 4.29. The highest BCUT2D eigenvalue weighted by atomic mass is 32.1. The van der Waals surface area contributed by atoms with Gasteiger partial charge in [0.25, 0.3) is 0 Å². The Hall–Kier alpha value is -3.39. The maximum atomic E-state index is 13.2. The maximum Gasteiger partial charge on any atom is 0.150 e. The summed E-state index contributed by atoms with van der Waals surface area (Å²) in [5, 5.41) is 6.56. The minimum atomic E-state index is -0.253. The van der Waals surface area contributed by atoms with E-state index in [4.69, 9.17) is 0 Å². The van der Waals surface area contributed by atoms with Gasteiger partial charge in [-0.15, -0.1) is 11.3 Å². The van der Waals surface area contributed by atoms with E-state index < -0.39 is 0 Å². The van der Waals surface area contributed by atoms with Crippen molar-refractivity contribution in [3.05, 3.63) is 78.1 Å². The van der Waals surface area contributed by atoms with Crippen molar-refractivity contribution >= 4 is 28.8 Å². The Kier molecular flexibility index (Phi) is 5.20. The van der Waals surface area contributed by atoms with E-state index in [1.165, 1.54) is 12.1 Å². The largest absolute Gasteiger partial charge is 0.363 e. The molecule has 6 nitrogen and oxygen atoms in total. The highest BCUT2D eigenvalue weighted by Crippen LogP contribution is 2.30. The second-order valence-corrected chi connectivity index (χ2v) is 7.01. The first-order valence-corrected chi connectivity index (χ1v) is 9.51. The van der Waals surface area contributed by atoms with Crippen molar-refractivity contribution in [3.8, 4) is 10.4 Å². The highest BCUT2D eigenvalue weighted by Gasteiger charge is 2.11. The number of hydrogen-bond acceptors (Lipinski definition) is 7. The van der Waals surface area contributed by atoms with Crippen molar-refractivity contribution in [1.29, 1.82) is 0 Å². The predicted molar refractivity (Wildman–Crippen MR) is 109 cm³/mol. The van der Waals surface area contributed by atoms with E-state index in [1.807, 2.05) is 25.3 Å². The number of nitrogens with zero attached hydrogens (tertiary/aromatic N) is 4. The number of nitrogens with one attached hydrogen (secondary N) is 2. The lowest BCUT2D eigenvalue weighted by Crippen LogP contribution is -2.09. The molecule has 2 N–H and O–H groups in total. The van der Waals surface area contributed by atoms with Crippen molar-refractivity contribution in [2.24, 2.45) is 0 Å². The molecule has 4 aromatic rings. The molecule has 28 heavy (non-hydrogen) atoms. The predicted octanol–water partition coefficient (Wildman–Crippen LogP) is 5.05. The van der Waals surface area contributed by atoms with Crippen LogP contribution in [0.15, 0.2) is 66.7 Å². The molecule has 0 saturated heterocycles. The molecular weight excluding hydrogens is 375 g/mol. The topological polar surface area (TPSA) is 75.6 Å². The van der Waals surface area contributed by atoms with Crippen LogP contribution in [0.5, 0.6) is 0 Å². The van der Waals surface area contributed by atoms with Gasteiger partial charge < -0.3 is 10.6 Å². The van der Waals surface area contributed by atoms with Crippen molar-refractivity contribution in [3.63, 3.8) is 0 Å². The molecule has 140 valence electrons. The first-order chi connectivity index (χ1) is 13.7. The number of rotatable bonds is 6. The van der Waals surface area contributed by atoms with Crippen LogP contribution >= 0.6 is 11.3 Å². The first kappa shape index (κ1) is 18.0. The summed E-state index contributed by atoms with van der Waals surface area (Å²) in [5.74, 6) is 1.68. The standard InChI is InChI=1S/C20H17FN6S/c1-13(14-2-4-16(21)5-3-14)25-18-8-15(17-10-23-12-28-17)9-19(26-18)27-20-11-22-6-7-24-20/h2-13H,1H3,(H2,24,25,26,27)/t13-/m0/s1. The van der Waals surface area contributed by atoms with E-state index in [-0.39, 0.29) is 11.9 Å². The molecule has 0 saturated carbocycles. The van der Waals surface area contributed by atoms with E-state index in [1.54, 1.807) is 47.6 Å². The fourth-order valence-corrected chi connectivity index (χ4v) is 3.33. The zero-order chi connectivity index (χ0) is 19.3. The Morgan fingerprint density at radius 2 is 1.79 bits per heavy atom. The molecule has 4 rings (SSSR count).